The summed E-state index contributed by atoms with van der Waals surface area (Å²) < 4.78 is 6.14. The summed E-state index contributed by atoms with van der Waals surface area (Å²) in [6, 6.07) is 9.30. The second-order valence-corrected chi connectivity index (χ2v) is 5.35. The molecule has 3 rings (SSSR count). The number of hydrogen-bond donors (Lipinski definition) is 1. The minimum atomic E-state index is 0.309. The highest BCUT2D eigenvalue weighted by Gasteiger charge is 2.20. The van der Waals surface area contributed by atoms with Crippen molar-refractivity contribution in [3.8, 4) is 22.5 Å². The Hall–Kier alpha value is -1.85. The van der Waals surface area contributed by atoms with Gasteiger partial charge in [0.25, 0.3) is 0 Å². The van der Waals surface area contributed by atoms with Crippen LogP contribution in [0.3, 0.4) is 0 Å². The number of halogens is 2. The lowest BCUT2D eigenvalue weighted by molar-refractivity contribution is 0.436. The molecule has 0 aliphatic rings. The molecule has 0 fully saturated rings. The maximum Gasteiger partial charge on any atom is 0.178 e. The zero-order chi connectivity index (χ0) is 14.1. The van der Waals surface area contributed by atoms with E-state index < -0.39 is 0 Å². The third-order valence-corrected chi connectivity index (χ3v) is 4.16. The fraction of sp³-hybridized carbons (Fsp3) is 0. The largest absolute Gasteiger partial charge is 0.380 e. The van der Waals surface area contributed by atoms with Crippen LogP contribution in [0.4, 0.5) is 5.82 Å². The van der Waals surface area contributed by atoms with E-state index in [-0.39, 0.29) is 0 Å². The van der Waals surface area contributed by atoms with Crippen LogP contribution in [0.15, 0.2) is 51.7 Å². The molecule has 2 aromatic heterocycles. The van der Waals surface area contributed by atoms with Crippen LogP contribution in [0.25, 0.3) is 22.5 Å². The third-order valence-electron chi connectivity index (χ3n) is 2.86. The van der Waals surface area contributed by atoms with E-state index >= 15 is 0 Å². The topological polar surface area (TPSA) is 64.9 Å². The van der Waals surface area contributed by atoms with Crippen molar-refractivity contribution in [2.45, 2.75) is 0 Å². The van der Waals surface area contributed by atoms with E-state index in [2.05, 4.69) is 26.1 Å². The van der Waals surface area contributed by atoms with Gasteiger partial charge in [-0.25, -0.2) is 0 Å². The number of rotatable bonds is 2. The van der Waals surface area contributed by atoms with Crippen LogP contribution in [0.2, 0.25) is 5.02 Å². The fourth-order valence-electron chi connectivity index (χ4n) is 1.96. The van der Waals surface area contributed by atoms with Crippen LogP contribution in [-0.2, 0) is 0 Å². The average Bonchev–Trinajstić information content (AvgIpc) is 2.84. The van der Waals surface area contributed by atoms with E-state index in [4.69, 9.17) is 21.9 Å². The number of anilines is 1. The van der Waals surface area contributed by atoms with Gasteiger partial charge in [-0.1, -0.05) is 28.9 Å². The molecule has 2 heterocycles. The Morgan fingerprint density at radius 2 is 2.05 bits per heavy atom. The van der Waals surface area contributed by atoms with Crippen molar-refractivity contribution >= 4 is 33.3 Å². The molecule has 100 valence electrons. The first kappa shape index (κ1) is 13.1. The van der Waals surface area contributed by atoms with Crippen LogP contribution in [0.5, 0.6) is 0 Å². The standard InChI is InChI=1S/C14H9BrClN3O/c15-10-5-1-4-9(12(10)16)13-11(14(17)19-20-13)8-3-2-6-18-7-8/h1-7H,(H2,17,19). The molecule has 1 aromatic carbocycles. The van der Waals surface area contributed by atoms with Crippen molar-refractivity contribution in [3.05, 3.63) is 52.2 Å². The zero-order valence-electron chi connectivity index (χ0n) is 10.2. The molecular formula is C14H9BrClN3O. The van der Waals surface area contributed by atoms with Crippen molar-refractivity contribution in [2.24, 2.45) is 0 Å². The molecule has 0 aliphatic carbocycles. The number of aromatic nitrogens is 2. The van der Waals surface area contributed by atoms with E-state index in [1.807, 2.05) is 30.3 Å². The molecule has 3 aromatic rings. The third kappa shape index (κ3) is 2.19. The Kier molecular flexibility index (Phi) is 3.46. The van der Waals surface area contributed by atoms with Gasteiger partial charge in [0.2, 0.25) is 0 Å². The van der Waals surface area contributed by atoms with Crippen molar-refractivity contribution in [2.75, 3.05) is 5.73 Å². The van der Waals surface area contributed by atoms with Gasteiger partial charge in [0, 0.05) is 28.0 Å². The maximum absolute atomic E-state index is 6.31. The molecule has 0 saturated heterocycles. The number of hydrogen-bond acceptors (Lipinski definition) is 4. The molecule has 0 unspecified atom stereocenters. The Balaban J connectivity index is 2.24. The van der Waals surface area contributed by atoms with Gasteiger partial charge in [-0.15, -0.1) is 0 Å². The van der Waals surface area contributed by atoms with E-state index in [0.29, 0.717) is 22.2 Å². The van der Waals surface area contributed by atoms with E-state index in [9.17, 15) is 0 Å². The minimum Gasteiger partial charge on any atom is -0.380 e. The fourth-order valence-corrected chi connectivity index (χ4v) is 2.53. The summed E-state index contributed by atoms with van der Waals surface area (Å²) >= 11 is 9.70. The Morgan fingerprint density at radius 1 is 1.20 bits per heavy atom. The molecule has 6 heteroatoms. The van der Waals surface area contributed by atoms with E-state index in [1.54, 1.807) is 12.4 Å². The van der Waals surface area contributed by atoms with Crippen molar-refractivity contribution in [1.29, 1.82) is 0 Å². The molecule has 0 atom stereocenters. The van der Waals surface area contributed by atoms with Gasteiger partial charge in [-0.05, 0) is 34.1 Å². The quantitative estimate of drug-likeness (QED) is 0.744. The van der Waals surface area contributed by atoms with Crippen molar-refractivity contribution < 1.29 is 4.52 Å². The molecular weight excluding hydrogens is 342 g/mol. The Labute approximate surface area is 128 Å². The molecule has 0 aliphatic heterocycles. The van der Waals surface area contributed by atoms with Gasteiger partial charge in [0.15, 0.2) is 11.6 Å². The molecule has 0 bridgehead atoms. The van der Waals surface area contributed by atoms with Crippen LogP contribution in [-0.4, -0.2) is 10.1 Å². The number of nitrogens with zero attached hydrogens (tertiary/aromatic N) is 2. The lowest BCUT2D eigenvalue weighted by Crippen LogP contribution is -1.89. The first-order valence-corrected chi connectivity index (χ1v) is 6.95. The average molecular weight is 351 g/mol. The molecule has 0 saturated carbocycles. The minimum absolute atomic E-state index is 0.309. The number of pyridine rings is 1. The molecule has 0 radical (unpaired) electrons. The Bertz CT molecular complexity index is 758. The number of nitrogen functional groups attached to an aromatic ring is 1. The highest BCUT2D eigenvalue weighted by Crippen LogP contribution is 2.41. The summed E-state index contributed by atoms with van der Waals surface area (Å²) in [4.78, 5) is 4.09. The highest BCUT2D eigenvalue weighted by molar-refractivity contribution is 9.10. The second kappa shape index (κ2) is 5.26. The van der Waals surface area contributed by atoms with Gasteiger partial charge in [0.1, 0.15) is 0 Å². The van der Waals surface area contributed by atoms with E-state index in [1.165, 1.54) is 0 Å². The lowest BCUT2D eigenvalue weighted by Gasteiger charge is -2.05. The second-order valence-electron chi connectivity index (χ2n) is 4.12. The summed E-state index contributed by atoms with van der Waals surface area (Å²) in [5.74, 6) is 0.839. The normalized spacial score (nSPS) is 10.7. The maximum atomic E-state index is 6.31. The van der Waals surface area contributed by atoms with Gasteiger partial charge in [0.05, 0.1) is 10.6 Å². The zero-order valence-corrected chi connectivity index (χ0v) is 12.5. The summed E-state index contributed by atoms with van der Waals surface area (Å²) in [6.45, 7) is 0. The van der Waals surface area contributed by atoms with Crippen LogP contribution < -0.4 is 5.73 Å². The van der Waals surface area contributed by atoms with Crippen LogP contribution in [0, 0.1) is 0 Å². The van der Waals surface area contributed by atoms with Crippen LogP contribution in [0.1, 0.15) is 0 Å². The smallest absolute Gasteiger partial charge is 0.178 e. The first-order chi connectivity index (χ1) is 9.68. The number of nitrogens with two attached hydrogens (primary N) is 1. The molecule has 4 nitrogen and oxygen atoms in total. The molecule has 0 spiro atoms. The first-order valence-electron chi connectivity index (χ1n) is 5.78. The number of benzene rings is 1. The van der Waals surface area contributed by atoms with Gasteiger partial charge < -0.3 is 10.3 Å². The SMILES string of the molecule is Nc1noc(-c2cccc(Br)c2Cl)c1-c1cccnc1. The Morgan fingerprint density at radius 3 is 2.80 bits per heavy atom. The summed E-state index contributed by atoms with van der Waals surface area (Å²) in [5.41, 5.74) is 8.16. The highest BCUT2D eigenvalue weighted by atomic mass is 79.9. The van der Waals surface area contributed by atoms with Crippen molar-refractivity contribution in [3.63, 3.8) is 0 Å². The summed E-state index contributed by atoms with van der Waals surface area (Å²) in [6.07, 6.45) is 3.40. The van der Waals surface area contributed by atoms with Crippen LogP contribution >= 0.6 is 27.5 Å². The van der Waals surface area contributed by atoms with E-state index in [0.717, 1.165) is 15.6 Å². The predicted molar refractivity (Wildman–Crippen MR) is 82.3 cm³/mol. The summed E-state index contributed by atoms with van der Waals surface area (Å²) in [5, 5.41) is 4.39. The van der Waals surface area contributed by atoms with Gasteiger partial charge >= 0.3 is 0 Å². The van der Waals surface area contributed by atoms with Gasteiger partial charge in [-0.2, -0.15) is 0 Å². The molecule has 2 N–H and O–H groups in total. The summed E-state index contributed by atoms with van der Waals surface area (Å²) in [7, 11) is 0. The molecule has 0 amide bonds. The predicted octanol–water partition coefficient (Wildman–Crippen LogP) is 4.40. The lowest BCUT2D eigenvalue weighted by atomic mass is 10.0. The van der Waals surface area contributed by atoms with Crippen molar-refractivity contribution in [1.82, 2.24) is 10.1 Å². The monoisotopic (exact) mass is 349 g/mol. The van der Waals surface area contributed by atoms with Gasteiger partial charge in [-0.3, -0.25) is 4.98 Å². The molecule has 20 heavy (non-hydrogen) atoms.